The lowest BCUT2D eigenvalue weighted by atomic mass is 10.1. The van der Waals surface area contributed by atoms with E-state index in [0.29, 0.717) is 41.1 Å². The summed E-state index contributed by atoms with van der Waals surface area (Å²) in [5.41, 5.74) is 7.91. The molecule has 3 aliphatic heterocycles. The molecule has 13 nitrogen and oxygen atoms in total. The van der Waals surface area contributed by atoms with Gasteiger partial charge in [0.25, 0.3) is 11.8 Å². The highest BCUT2D eigenvalue weighted by Gasteiger charge is 2.56. The second-order valence-corrected chi connectivity index (χ2v) is 10.9. The van der Waals surface area contributed by atoms with E-state index >= 15 is 0 Å². The van der Waals surface area contributed by atoms with Crippen LogP contribution in [0.25, 0.3) is 11.2 Å². The maximum atomic E-state index is 12.6. The maximum Gasteiger partial charge on any atom is 0.261 e. The molecule has 2 amide bonds. The Morgan fingerprint density at radius 2 is 1.80 bits per heavy atom. The van der Waals surface area contributed by atoms with Crippen LogP contribution in [0.5, 0.6) is 0 Å². The molecule has 13 heteroatoms. The number of rotatable bonds is 8. The number of amides is 2. The average Bonchev–Trinajstić information content (AvgIpc) is 3.59. The number of hydrogen-bond acceptors (Lipinski definition) is 11. The molecule has 3 N–H and O–H groups in total. The van der Waals surface area contributed by atoms with E-state index < -0.39 is 36.6 Å². The number of aromatic nitrogens is 4. The summed E-state index contributed by atoms with van der Waals surface area (Å²) in [5, 5.41) is 11.1. The lowest BCUT2D eigenvalue weighted by molar-refractivity contribution is -0.201. The summed E-state index contributed by atoms with van der Waals surface area (Å²) in [5.74, 6) is -0.478. The zero-order valence-electron chi connectivity index (χ0n) is 22.9. The Labute approximate surface area is 230 Å². The van der Waals surface area contributed by atoms with Gasteiger partial charge in [-0.15, -0.1) is 0 Å². The Morgan fingerprint density at radius 1 is 1.12 bits per heavy atom. The Morgan fingerprint density at radius 3 is 2.50 bits per heavy atom. The first-order chi connectivity index (χ1) is 19.1. The number of nitrogen functional groups attached to an aromatic ring is 1. The van der Waals surface area contributed by atoms with Crippen molar-refractivity contribution in [3.63, 3.8) is 0 Å². The van der Waals surface area contributed by atoms with Crippen LogP contribution in [0.15, 0.2) is 30.6 Å². The van der Waals surface area contributed by atoms with Crippen LogP contribution in [-0.2, 0) is 14.2 Å². The fourth-order valence-corrected chi connectivity index (χ4v) is 5.85. The number of hydrogen-bond donors (Lipinski definition) is 2. The quantitative estimate of drug-likeness (QED) is 0.308. The zero-order valence-corrected chi connectivity index (χ0v) is 22.9. The Balaban J connectivity index is 1.12. The summed E-state index contributed by atoms with van der Waals surface area (Å²) in [6.07, 6.45) is -0.690. The van der Waals surface area contributed by atoms with Gasteiger partial charge >= 0.3 is 0 Å². The van der Waals surface area contributed by atoms with Crippen molar-refractivity contribution in [3.05, 3.63) is 47.5 Å². The molecule has 5 heterocycles. The van der Waals surface area contributed by atoms with Crippen LogP contribution >= 0.6 is 0 Å². The van der Waals surface area contributed by atoms with Gasteiger partial charge in [-0.2, -0.15) is 0 Å². The number of carbonyl (C=O) groups excluding carboxylic acids is 2. The normalized spacial score (nSPS) is 26.2. The number of nitrogens with zero attached hydrogens (tertiary/aromatic N) is 6. The number of imide groups is 1. The largest absolute Gasteiger partial charge is 0.382 e. The van der Waals surface area contributed by atoms with Gasteiger partial charge in [0, 0.05) is 19.5 Å². The van der Waals surface area contributed by atoms with E-state index in [1.807, 2.05) is 25.3 Å². The van der Waals surface area contributed by atoms with Gasteiger partial charge in [-0.25, -0.2) is 15.0 Å². The molecule has 3 aromatic rings. The van der Waals surface area contributed by atoms with Crippen LogP contribution in [0.1, 0.15) is 59.5 Å². The number of imidazole rings is 1. The van der Waals surface area contributed by atoms with Crippen LogP contribution in [0.2, 0.25) is 0 Å². The highest BCUT2D eigenvalue weighted by Crippen LogP contribution is 2.45. The highest BCUT2D eigenvalue weighted by atomic mass is 16.8. The summed E-state index contributed by atoms with van der Waals surface area (Å²) >= 11 is 0. The van der Waals surface area contributed by atoms with E-state index in [9.17, 15) is 14.7 Å². The third kappa shape index (κ3) is 4.43. The number of ether oxygens (including phenoxy) is 3. The molecule has 40 heavy (non-hydrogen) atoms. The highest BCUT2D eigenvalue weighted by molar-refractivity contribution is 6.21. The standard InChI is InChI=1S/C27H33N7O6/c1-14-31-19-22(28)29-13-30-23(19)34(14)26-21-20(39-27(2,3)40-21)17(38-26)12-18(35)32(4)10-7-11-33-24(36)15-8-5-6-9-16(15)25(33)37/h5-6,8-9,13,17-18,20-21,26,35H,7,10-12H2,1-4H3,(H2,28,29,30)/t17-,18?,20+,21+,26-/m0/s1. The van der Waals surface area contributed by atoms with Gasteiger partial charge < -0.3 is 25.1 Å². The van der Waals surface area contributed by atoms with Gasteiger partial charge in [-0.3, -0.25) is 24.0 Å². The number of anilines is 1. The number of aliphatic hydroxyl groups excluding tert-OH is 1. The molecule has 1 unspecified atom stereocenters. The number of benzene rings is 1. The third-order valence-corrected chi connectivity index (χ3v) is 7.78. The molecule has 212 valence electrons. The Bertz CT molecular complexity index is 1440. The molecule has 2 saturated heterocycles. The molecule has 2 aromatic heterocycles. The molecule has 0 aliphatic carbocycles. The zero-order chi connectivity index (χ0) is 28.3. The molecule has 0 bridgehead atoms. The Hall–Kier alpha value is -3.49. The predicted molar refractivity (Wildman–Crippen MR) is 142 cm³/mol. The monoisotopic (exact) mass is 551 g/mol. The molecule has 3 aliphatic rings. The average molecular weight is 552 g/mol. The van der Waals surface area contributed by atoms with Crippen molar-refractivity contribution in [2.24, 2.45) is 0 Å². The van der Waals surface area contributed by atoms with Gasteiger partial charge in [0.05, 0.1) is 17.2 Å². The summed E-state index contributed by atoms with van der Waals surface area (Å²) in [6.45, 7) is 6.26. The van der Waals surface area contributed by atoms with Crippen LogP contribution in [-0.4, -0.2) is 96.7 Å². The van der Waals surface area contributed by atoms with Crippen molar-refractivity contribution in [3.8, 4) is 0 Å². The summed E-state index contributed by atoms with van der Waals surface area (Å²) in [4.78, 5) is 41.3. The minimum atomic E-state index is -0.863. The minimum absolute atomic E-state index is 0.253. The van der Waals surface area contributed by atoms with Crippen molar-refractivity contribution in [2.75, 3.05) is 25.9 Å². The first-order valence-electron chi connectivity index (χ1n) is 13.4. The molecule has 1 aromatic carbocycles. The van der Waals surface area contributed by atoms with Gasteiger partial charge in [-0.05, 0) is 46.4 Å². The van der Waals surface area contributed by atoms with Crippen molar-refractivity contribution < 1.29 is 28.9 Å². The van der Waals surface area contributed by atoms with E-state index in [4.69, 9.17) is 19.9 Å². The number of nitrogens with two attached hydrogens (primary N) is 1. The van der Waals surface area contributed by atoms with Crippen molar-refractivity contribution in [1.29, 1.82) is 0 Å². The van der Waals surface area contributed by atoms with Crippen LogP contribution in [0.3, 0.4) is 0 Å². The molecule has 2 fully saturated rings. The Kier molecular flexibility index (Phi) is 6.58. The van der Waals surface area contributed by atoms with Crippen molar-refractivity contribution in [1.82, 2.24) is 29.3 Å². The SMILES string of the molecule is Cc1nc2c(N)ncnc2n1[C@H]1O[C@@H](CC(O)N(C)CCCN2C(=O)c3ccccc3C2=O)[C@H]2OC(C)(C)O[C@H]21. The second kappa shape index (κ2) is 9.85. The minimum Gasteiger partial charge on any atom is -0.382 e. The van der Waals surface area contributed by atoms with E-state index in [0.717, 1.165) is 0 Å². The summed E-state index contributed by atoms with van der Waals surface area (Å²) < 4.78 is 20.8. The fourth-order valence-electron chi connectivity index (χ4n) is 5.85. The summed E-state index contributed by atoms with van der Waals surface area (Å²) in [7, 11) is 1.79. The second-order valence-electron chi connectivity index (χ2n) is 10.9. The van der Waals surface area contributed by atoms with E-state index in [2.05, 4.69) is 15.0 Å². The van der Waals surface area contributed by atoms with Crippen LogP contribution in [0, 0.1) is 6.92 Å². The van der Waals surface area contributed by atoms with Gasteiger partial charge in [0.1, 0.15) is 30.6 Å². The van der Waals surface area contributed by atoms with Crippen LogP contribution < -0.4 is 5.73 Å². The molecule has 0 radical (unpaired) electrons. The number of aryl methyl sites for hydroxylation is 1. The molecule has 5 atom stereocenters. The maximum absolute atomic E-state index is 12.6. The third-order valence-electron chi connectivity index (χ3n) is 7.78. The van der Waals surface area contributed by atoms with Gasteiger partial charge in [-0.1, -0.05) is 12.1 Å². The first kappa shape index (κ1) is 26.7. The lowest BCUT2D eigenvalue weighted by Gasteiger charge is -2.29. The smallest absolute Gasteiger partial charge is 0.261 e. The summed E-state index contributed by atoms with van der Waals surface area (Å²) in [6, 6.07) is 6.83. The molecule has 6 rings (SSSR count). The van der Waals surface area contributed by atoms with Crippen LogP contribution in [0.4, 0.5) is 5.82 Å². The van der Waals surface area contributed by atoms with Crippen molar-refractivity contribution >= 4 is 28.8 Å². The molecular formula is C27H33N7O6. The van der Waals surface area contributed by atoms with E-state index in [1.54, 1.807) is 36.2 Å². The number of aliphatic hydroxyl groups is 1. The number of carbonyl (C=O) groups is 2. The first-order valence-corrected chi connectivity index (χ1v) is 13.4. The lowest BCUT2D eigenvalue weighted by Crippen LogP contribution is -2.40. The molecule has 0 saturated carbocycles. The number of fused-ring (bicyclic) bond motifs is 3. The predicted octanol–water partition coefficient (Wildman–Crippen LogP) is 1.46. The molecule has 0 spiro atoms. The van der Waals surface area contributed by atoms with Crippen molar-refractivity contribution in [2.45, 2.75) is 70.2 Å². The van der Waals surface area contributed by atoms with Gasteiger partial charge in [0.2, 0.25) is 0 Å². The topological polar surface area (TPSA) is 158 Å². The van der Waals surface area contributed by atoms with E-state index in [-0.39, 0.29) is 30.6 Å². The van der Waals surface area contributed by atoms with E-state index in [1.165, 1.54) is 11.2 Å². The molecular weight excluding hydrogens is 518 g/mol. The van der Waals surface area contributed by atoms with Gasteiger partial charge in [0.15, 0.2) is 29.0 Å². The fraction of sp³-hybridized carbons (Fsp3) is 0.519.